The summed E-state index contributed by atoms with van der Waals surface area (Å²) >= 11 is 1.58. The van der Waals surface area contributed by atoms with Crippen LogP contribution in [0.25, 0.3) is 4.96 Å². The molecule has 1 amide bonds. The lowest BCUT2D eigenvalue weighted by molar-refractivity contribution is -0.122. The third kappa shape index (κ3) is 3.12. The van der Waals surface area contributed by atoms with Crippen LogP contribution < -0.4 is 10.6 Å². The number of morpholine rings is 1. The molecule has 1 atom stereocenters. The number of fused-ring (bicyclic) bond motifs is 1. The zero-order valence-corrected chi connectivity index (χ0v) is 11.3. The minimum atomic E-state index is 0.0272. The highest BCUT2D eigenvalue weighted by Crippen LogP contribution is 2.11. The number of carbonyl (C=O) groups excluding carboxylic acids is 1. The van der Waals surface area contributed by atoms with Gasteiger partial charge < -0.3 is 15.4 Å². The zero-order valence-electron chi connectivity index (χ0n) is 10.5. The summed E-state index contributed by atoms with van der Waals surface area (Å²) in [6, 6.07) is 0.124. The van der Waals surface area contributed by atoms with Crippen molar-refractivity contribution in [3.8, 4) is 0 Å². The summed E-state index contributed by atoms with van der Waals surface area (Å²) in [5, 5.41) is 8.14. The Morgan fingerprint density at radius 2 is 2.63 bits per heavy atom. The molecule has 0 bridgehead atoms. The highest BCUT2D eigenvalue weighted by atomic mass is 32.1. The van der Waals surface area contributed by atoms with Crippen LogP contribution >= 0.6 is 11.3 Å². The molecule has 1 unspecified atom stereocenters. The largest absolute Gasteiger partial charge is 0.378 e. The number of hydrogen-bond acceptors (Lipinski definition) is 5. The van der Waals surface area contributed by atoms with Crippen molar-refractivity contribution in [2.24, 2.45) is 0 Å². The van der Waals surface area contributed by atoms with Crippen LogP contribution in [0.5, 0.6) is 0 Å². The number of carbonyl (C=O) groups is 1. The molecule has 0 aromatic carbocycles. The lowest BCUT2D eigenvalue weighted by Gasteiger charge is -2.23. The second kappa shape index (κ2) is 5.68. The van der Waals surface area contributed by atoms with Crippen molar-refractivity contribution >= 4 is 22.2 Å². The maximum absolute atomic E-state index is 11.8. The summed E-state index contributed by atoms with van der Waals surface area (Å²) in [5.74, 6) is 0.0272. The molecule has 1 aliphatic heterocycles. The second-order valence-corrected chi connectivity index (χ2v) is 5.40. The number of nitrogens with zero attached hydrogens (tertiary/aromatic N) is 2. The first-order valence-corrected chi connectivity index (χ1v) is 7.18. The topological polar surface area (TPSA) is 67.7 Å². The van der Waals surface area contributed by atoms with Gasteiger partial charge in [0.2, 0.25) is 5.91 Å². The van der Waals surface area contributed by atoms with Gasteiger partial charge in [-0.2, -0.15) is 0 Å². The van der Waals surface area contributed by atoms with Crippen LogP contribution in [-0.4, -0.2) is 41.1 Å². The van der Waals surface area contributed by atoms with Crippen LogP contribution in [0.15, 0.2) is 17.8 Å². The van der Waals surface area contributed by atoms with Crippen LogP contribution in [-0.2, 0) is 16.1 Å². The standard InChI is InChI=1S/C12H16N4O2S/c17-11(5-9-8-18-3-1-13-9)14-6-10-7-16-2-4-19-12(16)15-10/h2,4,7,9,13H,1,3,5-6,8H2,(H,14,17). The van der Waals surface area contributed by atoms with E-state index in [1.54, 1.807) is 11.3 Å². The van der Waals surface area contributed by atoms with Crippen LogP contribution in [0.3, 0.4) is 0 Å². The number of rotatable bonds is 4. The van der Waals surface area contributed by atoms with E-state index in [1.807, 2.05) is 22.2 Å². The van der Waals surface area contributed by atoms with Gasteiger partial charge in [0.05, 0.1) is 25.5 Å². The fourth-order valence-corrected chi connectivity index (χ4v) is 2.82. The molecule has 7 heteroatoms. The van der Waals surface area contributed by atoms with Crippen molar-refractivity contribution in [3.63, 3.8) is 0 Å². The summed E-state index contributed by atoms with van der Waals surface area (Å²) in [4.78, 5) is 17.2. The maximum Gasteiger partial charge on any atom is 0.221 e. The van der Waals surface area contributed by atoms with Crippen molar-refractivity contribution in [2.75, 3.05) is 19.8 Å². The summed E-state index contributed by atoms with van der Waals surface area (Å²) in [7, 11) is 0. The van der Waals surface area contributed by atoms with Gasteiger partial charge in [-0.15, -0.1) is 11.3 Å². The summed E-state index contributed by atoms with van der Waals surface area (Å²) in [5.41, 5.74) is 0.882. The molecular formula is C12H16N4O2S. The molecule has 0 saturated carbocycles. The Morgan fingerprint density at radius 3 is 3.42 bits per heavy atom. The molecule has 2 aromatic heterocycles. The second-order valence-electron chi connectivity index (χ2n) is 4.53. The lowest BCUT2D eigenvalue weighted by atomic mass is 10.2. The molecule has 0 spiro atoms. The van der Waals surface area contributed by atoms with Crippen LogP contribution in [0, 0.1) is 0 Å². The maximum atomic E-state index is 11.8. The van der Waals surface area contributed by atoms with E-state index in [4.69, 9.17) is 4.74 Å². The van der Waals surface area contributed by atoms with Crippen molar-refractivity contribution in [2.45, 2.75) is 19.0 Å². The van der Waals surface area contributed by atoms with Gasteiger partial charge >= 0.3 is 0 Å². The van der Waals surface area contributed by atoms with E-state index in [0.717, 1.165) is 23.8 Å². The first-order chi connectivity index (χ1) is 9.31. The van der Waals surface area contributed by atoms with E-state index in [1.165, 1.54) is 0 Å². The first-order valence-electron chi connectivity index (χ1n) is 6.30. The molecule has 0 aliphatic carbocycles. The van der Waals surface area contributed by atoms with Gasteiger partial charge in [-0.25, -0.2) is 4.98 Å². The van der Waals surface area contributed by atoms with Gasteiger partial charge in [0, 0.05) is 36.8 Å². The molecule has 6 nitrogen and oxygen atoms in total. The number of amides is 1. The number of thiazole rings is 1. The Bertz CT molecular complexity index is 530. The number of aromatic nitrogens is 2. The fourth-order valence-electron chi connectivity index (χ4n) is 2.10. The van der Waals surface area contributed by atoms with E-state index in [-0.39, 0.29) is 11.9 Å². The molecule has 3 rings (SSSR count). The predicted octanol–water partition coefficient (Wildman–Crippen LogP) is 0.391. The van der Waals surface area contributed by atoms with Gasteiger partial charge in [0.15, 0.2) is 4.96 Å². The number of imidazole rings is 1. The number of ether oxygens (including phenoxy) is 1. The number of hydrogen-bond donors (Lipinski definition) is 2. The smallest absolute Gasteiger partial charge is 0.221 e. The van der Waals surface area contributed by atoms with Gasteiger partial charge in [0.25, 0.3) is 0 Å². The highest BCUT2D eigenvalue weighted by Gasteiger charge is 2.16. The molecule has 1 fully saturated rings. The minimum Gasteiger partial charge on any atom is -0.378 e. The molecule has 102 valence electrons. The van der Waals surface area contributed by atoms with E-state index < -0.39 is 0 Å². The quantitative estimate of drug-likeness (QED) is 0.850. The predicted molar refractivity (Wildman–Crippen MR) is 72.1 cm³/mol. The van der Waals surface area contributed by atoms with Gasteiger partial charge in [0.1, 0.15) is 0 Å². The van der Waals surface area contributed by atoms with E-state index in [9.17, 15) is 4.79 Å². The molecule has 0 radical (unpaired) electrons. The molecule has 1 aliphatic rings. The average Bonchev–Trinajstić information content (AvgIpc) is 2.98. The van der Waals surface area contributed by atoms with Gasteiger partial charge in [-0.1, -0.05) is 0 Å². The summed E-state index contributed by atoms with van der Waals surface area (Å²) in [6.45, 7) is 2.62. The van der Waals surface area contributed by atoms with Crippen molar-refractivity contribution in [1.29, 1.82) is 0 Å². The van der Waals surface area contributed by atoms with Crippen LogP contribution in [0.2, 0.25) is 0 Å². The zero-order chi connectivity index (χ0) is 13.1. The Labute approximate surface area is 114 Å². The Kier molecular flexibility index (Phi) is 3.77. The van der Waals surface area contributed by atoms with Crippen molar-refractivity contribution in [1.82, 2.24) is 20.0 Å². The molecule has 3 heterocycles. The van der Waals surface area contributed by atoms with Crippen molar-refractivity contribution in [3.05, 3.63) is 23.5 Å². The molecule has 2 aromatic rings. The molecule has 1 saturated heterocycles. The molecule has 2 N–H and O–H groups in total. The van der Waals surface area contributed by atoms with Gasteiger partial charge in [-0.05, 0) is 0 Å². The fraction of sp³-hybridized carbons (Fsp3) is 0.500. The van der Waals surface area contributed by atoms with Crippen LogP contribution in [0.4, 0.5) is 0 Å². The Hall–Kier alpha value is -1.44. The third-order valence-electron chi connectivity index (χ3n) is 3.04. The third-order valence-corrected chi connectivity index (χ3v) is 3.81. The normalized spacial score (nSPS) is 19.7. The molecular weight excluding hydrogens is 264 g/mol. The minimum absolute atomic E-state index is 0.0272. The number of nitrogens with one attached hydrogen (secondary N) is 2. The highest BCUT2D eigenvalue weighted by molar-refractivity contribution is 7.15. The SMILES string of the molecule is O=C(CC1COCCN1)NCc1cn2ccsc2n1. The van der Waals surface area contributed by atoms with Crippen LogP contribution in [0.1, 0.15) is 12.1 Å². The lowest BCUT2D eigenvalue weighted by Crippen LogP contribution is -2.44. The van der Waals surface area contributed by atoms with E-state index in [0.29, 0.717) is 19.6 Å². The monoisotopic (exact) mass is 280 g/mol. The van der Waals surface area contributed by atoms with Gasteiger partial charge in [-0.3, -0.25) is 9.20 Å². The average molecular weight is 280 g/mol. The first kappa shape index (κ1) is 12.6. The summed E-state index contributed by atoms with van der Waals surface area (Å²) in [6.07, 6.45) is 4.35. The summed E-state index contributed by atoms with van der Waals surface area (Å²) < 4.78 is 7.28. The molecule has 19 heavy (non-hydrogen) atoms. The Morgan fingerprint density at radius 1 is 1.68 bits per heavy atom. The Balaban J connectivity index is 1.48. The van der Waals surface area contributed by atoms with E-state index >= 15 is 0 Å². The van der Waals surface area contributed by atoms with Crippen molar-refractivity contribution < 1.29 is 9.53 Å². The van der Waals surface area contributed by atoms with E-state index in [2.05, 4.69) is 15.6 Å².